The van der Waals surface area contributed by atoms with Crippen LogP contribution in [-0.4, -0.2) is 44.2 Å². The summed E-state index contributed by atoms with van der Waals surface area (Å²) < 4.78 is 27.6. The highest BCUT2D eigenvalue weighted by Gasteiger charge is 2.27. The molecule has 0 unspecified atom stereocenters. The van der Waals surface area contributed by atoms with E-state index in [4.69, 9.17) is 0 Å². The van der Waals surface area contributed by atoms with Gasteiger partial charge in [-0.15, -0.1) is 0 Å². The lowest BCUT2D eigenvalue weighted by Gasteiger charge is -2.27. The lowest BCUT2D eigenvalue weighted by molar-refractivity contribution is -0.119. The molecule has 33 heavy (non-hydrogen) atoms. The first-order chi connectivity index (χ1) is 15.9. The zero-order valence-corrected chi connectivity index (χ0v) is 19.9. The van der Waals surface area contributed by atoms with E-state index in [1.54, 1.807) is 24.0 Å². The molecule has 0 saturated carbocycles. The topological polar surface area (TPSA) is 86.8 Å². The Balaban J connectivity index is 1.47. The molecule has 7 nitrogen and oxygen atoms in total. The van der Waals surface area contributed by atoms with Crippen molar-refractivity contribution in [1.29, 1.82) is 0 Å². The fraction of sp³-hybridized carbons (Fsp3) is 0.440. The van der Waals surface area contributed by atoms with Gasteiger partial charge in [0.05, 0.1) is 4.90 Å². The maximum Gasteiger partial charge on any atom is 0.251 e. The molecule has 4 rings (SSSR count). The van der Waals surface area contributed by atoms with E-state index in [1.807, 2.05) is 24.3 Å². The molecule has 0 spiro atoms. The van der Waals surface area contributed by atoms with Crippen LogP contribution in [0.15, 0.2) is 47.4 Å². The molecule has 0 atom stereocenters. The summed E-state index contributed by atoms with van der Waals surface area (Å²) in [5.74, 6) is -0.188. The van der Waals surface area contributed by atoms with Crippen LogP contribution in [0, 0.1) is 6.92 Å². The number of aryl methyl sites for hydroxylation is 1. The Kier molecular flexibility index (Phi) is 7.14. The van der Waals surface area contributed by atoms with Gasteiger partial charge in [0.25, 0.3) is 5.91 Å². The third-order valence-electron chi connectivity index (χ3n) is 6.41. The fourth-order valence-electron chi connectivity index (χ4n) is 4.45. The lowest BCUT2D eigenvalue weighted by Crippen LogP contribution is -2.35. The van der Waals surface area contributed by atoms with Crippen LogP contribution in [0.1, 0.15) is 60.0 Å². The lowest BCUT2D eigenvalue weighted by atomic mass is 10.1. The van der Waals surface area contributed by atoms with Gasteiger partial charge < -0.3 is 10.2 Å². The van der Waals surface area contributed by atoms with Crippen LogP contribution in [0.5, 0.6) is 0 Å². The summed E-state index contributed by atoms with van der Waals surface area (Å²) in [6.07, 6.45) is 5.25. The zero-order valence-electron chi connectivity index (χ0n) is 19.0. The molecular weight excluding hydrogens is 438 g/mol. The summed E-state index contributed by atoms with van der Waals surface area (Å²) in [4.78, 5) is 27.1. The van der Waals surface area contributed by atoms with Crippen molar-refractivity contribution in [1.82, 2.24) is 9.62 Å². The summed E-state index contributed by atoms with van der Waals surface area (Å²) in [6, 6.07) is 12.4. The Morgan fingerprint density at radius 3 is 2.48 bits per heavy atom. The van der Waals surface area contributed by atoms with E-state index < -0.39 is 10.0 Å². The third kappa shape index (κ3) is 5.28. The number of piperidine rings is 2. The average Bonchev–Trinajstić information content (AvgIpc) is 2.84. The molecule has 0 bridgehead atoms. The van der Waals surface area contributed by atoms with Crippen LogP contribution in [0.4, 0.5) is 5.69 Å². The van der Waals surface area contributed by atoms with E-state index >= 15 is 0 Å². The summed E-state index contributed by atoms with van der Waals surface area (Å²) in [5.41, 5.74) is 2.81. The Morgan fingerprint density at radius 1 is 0.970 bits per heavy atom. The number of anilines is 1. The predicted octanol–water partition coefficient (Wildman–Crippen LogP) is 3.62. The van der Waals surface area contributed by atoms with Gasteiger partial charge in [-0.05, 0) is 68.0 Å². The van der Waals surface area contributed by atoms with Crippen molar-refractivity contribution in [2.75, 3.05) is 24.5 Å². The molecule has 2 heterocycles. The number of nitrogens with zero attached hydrogens (tertiary/aromatic N) is 2. The van der Waals surface area contributed by atoms with Gasteiger partial charge in [0, 0.05) is 43.9 Å². The Labute approximate surface area is 195 Å². The normalized spacial score (nSPS) is 17.7. The minimum Gasteiger partial charge on any atom is -0.348 e. The van der Waals surface area contributed by atoms with Crippen molar-refractivity contribution in [2.24, 2.45) is 0 Å². The number of sulfonamides is 1. The van der Waals surface area contributed by atoms with E-state index in [1.165, 1.54) is 10.4 Å². The summed E-state index contributed by atoms with van der Waals surface area (Å²) in [5, 5.41) is 2.90. The quantitative estimate of drug-likeness (QED) is 0.700. The van der Waals surface area contributed by atoms with Crippen molar-refractivity contribution in [3.63, 3.8) is 0 Å². The zero-order chi connectivity index (χ0) is 23.4. The van der Waals surface area contributed by atoms with E-state index in [-0.39, 0.29) is 23.3 Å². The molecule has 2 saturated heterocycles. The van der Waals surface area contributed by atoms with Gasteiger partial charge in [-0.1, -0.05) is 24.6 Å². The predicted molar refractivity (Wildman–Crippen MR) is 128 cm³/mol. The number of nitrogens with one attached hydrogen (secondary N) is 1. The van der Waals surface area contributed by atoms with Gasteiger partial charge >= 0.3 is 0 Å². The third-order valence-corrected chi connectivity index (χ3v) is 8.30. The van der Waals surface area contributed by atoms with Gasteiger partial charge in [0.2, 0.25) is 15.9 Å². The molecule has 176 valence electrons. The monoisotopic (exact) mass is 469 g/mol. The van der Waals surface area contributed by atoms with E-state index in [0.29, 0.717) is 31.6 Å². The second-order valence-electron chi connectivity index (χ2n) is 8.80. The van der Waals surface area contributed by atoms with Gasteiger partial charge in [-0.2, -0.15) is 4.31 Å². The molecule has 0 aromatic heterocycles. The Hall–Kier alpha value is -2.71. The van der Waals surface area contributed by atoms with Gasteiger partial charge in [-0.25, -0.2) is 8.42 Å². The van der Waals surface area contributed by atoms with Crippen molar-refractivity contribution < 1.29 is 18.0 Å². The molecule has 2 aliphatic rings. The highest BCUT2D eigenvalue weighted by atomic mass is 32.2. The first-order valence-electron chi connectivity index (χ1n) is 11.6. The van der Waals surface area contributed by atoms with Gasteiger partial charge in [0.15, 0.2) is 0 Å². The first kappa shape index (κ1) is 23.4. The van der Waals surface area contributed by atoms with E-state index in [0.717, 1.165) is 48.9 Å². The maximum atomic E-state index is 13.0. The second-order valence-corrected chi connectivity index (χ2v) is 10.7. The number of hydrogen-bond acceptors (Lipinski definition) is 4. The number of benzene rings is 2. The minimum atomic E-state index is -3.61. The molecule has 2 aromatic rings. The van der Waals surface area contributed by atoms with Crippen LogP contribution in [0.25, 0.3) is 0 Å². The fourth-order valence-corrected chi connectivity index (χ4v) is 6.00. The largest absolute Gasteiger partial charge is 0.348 e. The Bertz CT molecular complexity index is 1140. The molecule has 0 aliphatic carbocycles. The number of hydrogen-bond donors (Lipinski definition) is 1. The molecule has 2 aromatic carbocycles. The van der Waals surface area contributed by atoms with E-state index in [2.05, 4.69) is 5.32 Å². The minimum absolute atomic E-state index is 0.129. The highest BCUT2D eigenvalue weighted by molar-refractivity contribution is 7.89. The maximum absolute atomic E-state index is 13.0. The second kappa shape index (κ2) is 10.1. The molecule has 8 heteroatoms. The van der Waals surface area contributed by atoms with E-state index in [9.17, 15) is 18.0 Å². The highest BCUT2D eigenvalue weighted by Crippen LogP contribution is 2.24. The molecule has 1 N–H and O–H groups in total. The van der Waals surface area contributed by atoms with Crippen LogP contribution in [-0.2, 0) is 21.4 Å². The van der Waals surface area contributed by atoms with Crippen molar-refractivity contribution >= 4 is 27.5 Å². The van der Waals surface area contributed by atoms with Crippen LogP contribution >= 0.6 is 0 Å². The standard InChI is InChI=1S/C25H31N3O4S/c1-19-11-12-22(33(31,32)27-13-4-2-5-14-27)17-23(19)25(30)26-18-20-8-7-9-21(16-20)28-15-6-3-10-24(28)29/h7-9,11-12,16-17H,2-6,10,13-15,18H2,1H3,(H,26,30). The average molecular weight is 470 g/mol. The molecule has 2 amide bonds. The van der Waals surface area contributed by atoms with Gasteiger partial charge in [-0.3, -0.25) is 9.59 Å². The Morgan fingerprint density at radius 2 is 1.73 bits per heavy atom. The smallest absolute Gasteiger partial charge is 0.251 e. The number of carbonyl (C=O) groups excluding carboxylic acids is 2. The van der Waals surface area contributed by atoms with Crippen LogP contribution < -0.4 is 10.2 Å². The summed E-state index contributed by atoms with van der Waals surface area (Å²) >= 11 is 0. The molecule has 2 aliphatic heterocycles. The van der Waals surface area contributed by atoms with Crippen molar-refractivity contribution in [3.8, 4) is 0 Å². The SMILES string of the molecule is Cc1ccc(S(=O)(=O)N2CCCCC2)cc1C(=O)NCc1cccc(N2CCCCC2=O)c1. The van der Waals surface area contributed by atoms with Crippen LogP contribution in [0.3, 0.4) is 0 Å². The molecule has 2 fully saturated rings. The van der Waals surface area contributed by atoms with Crippen LogP contribution in [0.2, 0.25) is 0 Å². The summed E-state index contributed by atoms with van der Waals surface area (Å²) in [6.45, 7) is 3.85. The number of carbonyl (C=O) groups is 2. The molecule has 0 radical (unpaired) electrons. The van der Waals surface area contributed by atoms with Gasteiger partial charge in [0.1, 0.15) is 0 Å². The van der Waals surface area contributed by atoms with Crippen molar-refractivity contribution in [3.05, 3.63) is 59.2 Å². The molecular formula is C25H31N3O4S. The first-order valence-corrected chi connectivity index (χ1v) is 13.1. The summed E-state index contributed by atoms with van der Waals surface area (Å²) in [7, 11) is -3.61. The number of rotatable bonds is 6. The van der Waals surface area contributed by atoms with Crippen molar-refractivity contribution in [2.45, 2.75) is 56.9 Å². The number of amides is 2.